The highest BCUT2D eigenvalue weighted by Crippen LogP contribution is 2.20. The summed E-state index contributed by atoms with van der Waals surface area (Å²) in [5.41, 5.74) is 3.76. The van der Waals surface area contributed by atoms with Crippen molar-refractivity contribution in [2.45, 2.75) is 5.72 Å². The lowest BCUT2D eigenvalue weighted by Crippen LogP contribution is -2.49. The average Bonchev–Trinajstić information content (AvgIpc) is 2.03. The van der Waals surface area contributed by atoms with Crippen LogP contribution in [0.15, 0.2) is 37.1 Å². The van der Waals surface area contributed by atoms with Gasteiger partial charge in [-0.3, -0.25) is 10.5 Å². The lowest BCUT2D eigenvalue weighted by Gasteiger charge is -2.27. The molecule has 1 aliphatic carbocycles. The first kappa shape index (κ1) is 9.70. The normalized spacial score (nSPS) is 31.4. The molecule has 4 heteroatoms. The van der Waals surface area contributed by atoms with Crippen LogP contribution in [0.3, 0.4) is 0 Å². The van der Waals surface area contributed by atoms with Crippen molar-refractivity contribution >= 4 is 5.97 Å². The molecule has 4 nitrogen and oxygen atoms in total. The van der Waals surface area contributed by atoms with Gasteiger partial charge in [-0.05, 0) is 6.08 Å². The topological polar surface area (TPSA) is 72.5 Å². The Kier molecular flexibility index (Phi) is 2.65. The lowest BCUT2D eigenvalue weighted by atomic mass is 9.92. The third-order valence-electron chi connectivity index (χ3n) is 1.73. The van der Waals surface area contributed by atoms with Crippen LogP contribution in [0.5, 0.6) is 0 Å². The Bertz CT molecular complexity index is 279. The Morgan fingerprint density at radius 3 is 2.92 bits per heavy atom. The van der Waals surface area contributed by atoms with Gasteiger partial charge >= 0.3 is 5.97 Å². The second kappa shape index (κ2) is 3.55. The molecule has 0 amide bonds. The SMILES string of the molecule is C=COC(=O)C1C=CC=CC1(N)O. The summed E-state index contributed by atoms with van der Waals surface area (Å²) in [6.07, 6.45) is 7.01. The molecule has 1 aliphatic rings. The van der Waals surface area contributed by atoms with Gasteiger partial charge in [0, 0.05) is 0 Å². The maximum absolute atomic E-state index is 11.2. The van der Waals surface area contributed by atoms with Crippen LogP contribution >= 0.6 is 0 Å². The fraction of sp³-hybridized carbons (Fsp3) is 0.222. The van der Waals surface area contributed by atoms with Gasteiger partial charge in [0.1, 0.15) is 11.6 Å². The van der Waals surface area contributed by atoms with Crippen molar-refractivity contribution in [3.63, 3.8) is 0 Å². The standard InChI is InChI=1S/C9H11NO3/c1-2-13-8(11)7-5-3-4-6-9(7,10)12/h2-7,12H,1,10H2. The molecule has 0 heterocycles. The summed E-state index contributed by atoms with van der Waals surface area (Å²) in [5, 5.41) is 9.54. The maximum atomic E-state index is 11.2. The first-order valence-corrected chi connectivity index (χ1v) is 3.76. The molecule has 2 unspecified atom stereocenters. The number of ether oxygens (including phenoxy) is 1. The minimum Gasteiger partial charge on any atom is -0.435 e. The van der Waals surface area contributed by atoms with Crippen LogP contribution < -0.4 is 5.73 Å². The first-order chi connectivity index (χ1) is 6.08. The van der Waals surface area contributed by atoms with E-state index in [1.54, 1.807) is 12.2 Å². The van der Waals surface area contributed by atoms with E-state index in [1.807, 2.05) is 0 Å². The highest BCUT2D eigenvalue weighted by Gasteiger charge is 2.36. The number of allylic oxidation sites excluding steroid dienone is 2. The molecule has 3 N–H and O–H groups in total. The first-order valence-electron chi connectivity index (χ1n) is 3.76. The molecule has 0 aromatic heterocycles. The summed E-state index contributed by atoms with van der Waals surface area (Å²) in [7, 11) is 0. The van der Waals surface area contributed by atoms with Gasteiger partial charge < -0.3 is 9.84 Å². The summed E-state index contributed by atoms with van der Waals surface area (Å²) in [5.74, 6) is -1.50. The van der Waals surface area contributed by atoms with Crippen LogP contribution in [0.4, 0.5) is 0 Å². The average molecular weight is 181 g/mol. The van der Waals surface area contributed by atoms with Gasteiger partial charge in [0.15, 0.2) is 0 Å². The summed E-state index contributed by atoms with van der Waals surface area (Å²) in [4.78, 5) is 11.2. The molecule has 0 radical (unpaired) electrons. The van der Waals surface area contributed by atoms with Crippen molar-refractivity contribution in [3.05, 3.63) is 37.1 Å². The molecule has 1 rings (SSSR count). The zero-order valence-electron chi connectivity index (χ0n) is 7.01. The van der Waals surface area contributed by atoms with Crippen molar-refractivity contribution in [1.29, 1.82) is 0 Å². The van der Waals surface area contributed by atoms with Crippen molar-refractivity contribution in [2.75, 3.05) is 0 Å². The van der Waals surface area contributed by atoms with Gasteiger partial charge in [-0.25, -0.2) is 0 Å². The molecule has 70 valence electrons. The highest BCUT2D eigenvalue weighted by atomic mass is 16.5. The minimum absolute atomic E-state index is 0.624. The second-order valence-electron chi connectivity index (χ2n) is 2.71. The summed E-state index contributed by atoms with van der Waals surface area (Å²) >= 11 is 0. The van der Waals surface area contributed by atoms with E-state index in [4.69, 9.17) is 5.73 Å². The number of hydrogen-bond donors (Lipinski definition) is 2. The fourth-order valence-corrected chi connectivity index (χ4v) is 1.07. The summed E-state index contributed by atoms with van der Waals surface area (Å²) in [6.45, 7) is 3.24. The van der Waals surface area contributed by atoms with Gasteiger partial charge in [-0.2, -0.15) is 0 Å². The number of carbonyl (C=O) groups excluding carboxylic acids is 1. The van der Waals surface area contributed by atoms with Crippen molar-refractivity contribution in [2.24, 2.45) is 11.7 Å². The van der Waals surface area contributed by atoms with E-state index in [9.17, 15) is 9.90 Å². The Hall–Kier alpha value is -1.39. The number of rotatable bonds is 2. The van der Waals surface area contributed by atoms with E-state index in [0.717, 1.165) is 6.26 Å². The monoisotopic (exact) mass is 181 g/mol. The minimum atomic E-state index is -1.67. The summed E-state index contributed by atoms with van der Waals surface area (Å²) in [6, 6.07) is 0. The highest BCUT2D eigenvalue weighted by molar-refractivity contribution is 5.77. The van der Waals surface area contributed by atoms with Gasteiger partial charge in [-0.1, -0.05) is 24.8 Å². The molecular formula is C9H11NO3. The molecule has 0 aliphatic heterocycles. The molecule has 0 aromatic carbocycles. The van der Waals surface area contributed by atoms with Crippen LogP contribution in [0, 0.1) is 5.92 Å². The van der Waals surface area contributed by atoms with Gasteiger partial charge in [0.25, 0.3) is 0 Å². The number of hydrogen-bond acceptors (Lipinski definition) is 4. The number of carbonyl (C=O) groups is 1. The van der Waals surface area contributed by atoms with Crippen LogP contribution in [0.1, 0.15) is 0 Å². The second-order valence-corrected chi connectivity index (χ2v) is 2.71. The van der Waals surface area contributed by atoms with E-state index in [-0.39, 0.29) is 0 Å². The van der Waals surface area contributed by atoms with E-state index in [0.29, 0.717) is 0 Å². The quantitative estimate of drug-likeness (QED) is 0.359. The predicted octanol–water partition coefficient (Wildman–Crippen LogP) is 0.0626. The third kappa shape index (κ3) is 2.05. The maximum Gasteiger partial charge on any atom is 0.322 e. The molecule has 0 saturated heterocycles. The number of nitrogens with two attached hydrogens (primary N) is 1. The van der Waals surface area contributed by atoms with E-state index in [1.165, 1.54) is 12.2 Å². The Morgan fingerprint density at radius 1 is 1.69 bits per heavy atom. The Labute approximate surface area is 76.0 Å². The van der Waals surface area contributed by atoms with Gasteiger partial charge in [0.2, 0.25) is 0 Å². The van der Waals surface area contributed by atoms with Crippen molar-refractivity contribution < 1.29 is 14.6 Å². The molecular weight excluding hydrogens is 170 g/mol. The van der Waals surface area contributed by atoms with E-state index >= 15 is 0 Å². The number of aliphatic hydroxyl groups is 1. The molecule has 0 spiro atoms. The lowest BCUT2D eigenvalue weighted by molar-refractivity contribution is -0.146. The van der Waals surface area contributed by atoms with Gasteiger partial charge in [0.05, 0.1) is 6.26 Å². The van der Waals surface area contributed by atoms with Crippen LogP contribution in [0.2, 0.25) is 0 Å². The van der Waals surface area contributed by atoms with Crippen molar-refractivity contribution in [1.82, 2.24) is 0 Å². The molecule has 0 aromatic rings. The van der Waals surface area contributed by atoms with Crippen molar-refractivity contribution in [3.8, 4) is 0 Å². The van der Waals surface area contributed by atoms with Gasteiger partial charge in [-0.15, -0.1) is 0 Å². The molecule has 0 fully saturated rings. The van der Waals surface area contributed by atoms with E-state index in [2.05, 4.69) is 11.3 Å². The van der Waals surface area contributed by atoms with E-state index < -0.39 is 17.6 Å². The van der Waals surface area contributed by atoms with Crippen LogP contribution in [-0.4, -0.2) is 16.8 Å². The molecule has 0 bridgehead atoms. The van der Waals surface area contributed by atoms with Crippen LogP contribution in [-0.2, 0) is 9.53 Å². The smallest absolute Gasteiger partial charge is 0.322 e. The largest absolute Gasteiger partial charge is 0.435 e. The predicted molar refractivity (Wildman–Crippen MR) is 47.2 cm³/mol. The summed E-state index contributed by atoms with van der Waals surface area (Å²) < 4.78 is 4.52. The fourth-order valence-electron chi connectivity index (χ4n) is 1.07. The third-order valence-corrected chi connectivity index (χ3v) is 1.73. The zero-order valence-corrected chi connectivity index (χ0v) is 7.01. The Balaban J connectivity index is 2.79. The van der Waals surface area contributed by atoms with Crippen LogP contribution in [0.25, 0.3) is 0 Å². The zero-order chi connectivity index (χ0) is 9.90. The molecule has 13 heavy (non-hydrogen) atoms. The Morgan fingerprint density at radius 2 is 2.38 bits per heavy atom. The molecule has 2 atom stereocenters. The molecule has 0 saturated carbocycles. The number of esters is 1.